The van der Waals surface area contributed by atoms with E-state index in [0.717, 1.165) is 11.3 Å². The molecule has 0 unspecified atom stereocenters. The van der Waals surface area contributed by atoms with Crippen molar-refractivity contribution in [3.63, 3.8) is 0 Å². The van der Waals surface area contributed by atoms with Crippen molar-refractivity contribution in [2.45, 2.75) is 13.8 Å². The van der Waals surface area contributed by atoms with Gasteiger partial charge in [-0.2, -0.15) is 5.10 Å². The maximum atomic E-state index is 11.7. The highest BCUT2D eigenvalue weighted by atomic mass is 35.5. The third kappa shape index (κ3) is 4.15. The summed E-state index contributed by atoms with van der Waals surface area (Å²) in [6, 6.07) is 3.13. The number of methoxy groups -OCH3 is 1. The zero-order valence-corrected chi connectivity index (χ0v) is 14.9. The number of aromatic hydroxyl groups is 1. The Morgan fingerprint density at radius 1 is 1.54 bits per heavy atom. The average Bonchev–Trinajstić information content (AvgIpc) is 2.91. The Labute approximate surface area is 147 Å². The van der Waals surface area contributed by atoms with Crippen molar-refractivity contribution in [2.75, 3.05) is 19.1 Å². The number of thiazole rings is 1. The summed E-state index contributed by atoms with van der Waals surface area (Å²) in [4.78, 5) is 16.4. The van der Waals surface area contributed by atoms with Gasteiger partial charge < -0.3 is 14.6 Å². The molecular weight excluding hydrogens is 354 g/mol. The van der Waals surface area contributed by atoms with Gasteiger partial charge in [-0.25, -0.2) is 9.78 Å². The summed E-state index contributed by atoms with van der Waals surface area (Å²) in [5, 5.41) is 14.3. The molecule has 1 heterocycles. The van der Waals surface area contributed by atoms with Gasteiger partial charge in [0.2, 0.25) is 5.13 Å². The zero-order valence-electron chi connectivity index (χ0n) is 13.3. The Kier molecular flexibility index (Phi) is 5.99. The lowest BCUT2D eigenvalue weighted by Gasteiger charge is -2.05. The van der Waals surface area contributed by atoms with Crippen LogP contribution in [-0.4, -0.2) is 36.0 Å². The van der Waals surface area contributed by atoms with E-state index in [9.17, 15) is 9.90 Å². The first-order valence-electron chi connectivity index (χ1n) is 6.96. The molecule has 1 aromatic heterocycles. The van der Waals surface area contributed by atoms with Gasteiger partial charge in [-0.1, -0.05) is 22.9 Å². The number of hydrogen-bond donors (Lipinski definition) is 2. The summed E-state index contributed by atoms with van der Waals surface area (Å²) in [7, 11) is 1.43. The SMILES string of the molecule is CCOC(=O)c1sc(N/N=C\c2cc(Cl)c(O)c(OC)c2)nc1C. The van der Waals surface area contributed by atoms with Gasteiger partial charge in [0.25, 0.3) is 0 Å². The molecule has 9 heteroatoms. The number of nitrogens with zero attached hydrogens (tertiary/aromatic N) is 2. The lowest BCUT2D eigenvalue weighted by molar-refractivity contribution is 0.0531. The van der Waals surface area contributed by atoms with Crippen LogP contribution in [0, 0.1) is 6.92 Å². The number of nitrogens with one attached hydrogen (secondary N) is 1. The van der Waals surface area contributed by atoms with Crippen LogP contribution in [0.1, 0.15) is 27.9 Å². The van der Waals surface area contributed by atoms with Gasteiger partial charge in [0.05, 0.1) is 30.6 Å². The van der Waals surface area contributed by atoms with Crippen molar-refractivity contribution in [2.24, 2.45) is 5.10 Å². The molecule has 2 N–H and O–H groups in total. The Hall–Kier alpha value is -2.32. The molecule has 2 rings (SSSR count). The average molecular weight is 370 g/mol. The quantitative estimate of drug-likeness (QED) is 0.460. The Morgan fingerprint density at radius 3 is 2.96 bits per heavy atom. The van der Waals surface area contributed by atoms with E-state index in [4.69, 9.17) is 21.1 Å². The first-order chi connectivity index (χ1) is 11.5. The van der Waals surface area contributed by atoms with E-state index in [2.05, 4.69) is 15.5 Å². The fourth-order valence-electron chi connectivity index (χ4n) is 1.82. The number of benzene rings is 1. The summed E-state index contributed by atoms with van der Waals surface area (Å²) in [6.07, 6.45) is 1.49. The number of esters is 1. The predicted octanol–water partition coefficient (Wildman–Crippen LogP) is 3.44. The van der Waals surface area contributed by atoms with Crippen LogP contribution in [0.4, 0.5) is 5.13 Å². The molecule has 0 aliphatic rings. The van der Waals surface area contributed by atoms with Gasteiger partial charge in [0.15, 0.2) is 11.5 Å². The Bertz CT molecular complexity index is 776. The van der Waals surface area contributed by atoms with E-state index in [1.807, 2.05) is 0 Å². The van der Waals surface area contributed by atoms with Crippen LogP contribution in [0.25, 0.3) is 0 Å². The standard InChI is InChI=1S/C15H16ClN3O4S/c1-4-23-14(21)13-8(2)18-15(24-13)19-17-7-9-5-10(16)12(20)11(6-9)22-3/h5-7,20H,4H2,1-3H3,(H,18,19)/b17-7-. The number of anilines is 1. The number of ether oxygens (including phenoxy) is 2. The van der Waals surface area contributed by atoms with E-state index >= 15 is 0 Å². The number of aromatic nitrogens is 1. The highest BCUT2D eigenvalue weighted by Crippen LogP contribution is 2.34. The minimum absolute atomic E-state index is 0.126. The summed E-state index contributed by atoms with van der Waals surface area (Å²) >= 11 is 7.06. The van der Waals surface area contributed by atoms with Crippen LogP contribution in [0.15, 0.2) is 17.2 Å². The van der Waals surface area contributed by atoms with Crippen LogP contribution < -0.4 is 10.2 Å². The maximum Gasteiger partial charge on any atom is 0.350 e. The predicted molar refractivity (Wildman–Crippen MR) is 93.7 cm³/mol. The van der Waals surface area contributed by atoms with Crippen molar-refractivity contribution in [3.05, 3.63) is 33.3 Å². The second-order valence-corrected chi connectivity index (χ2v) is 5.98. The molecule has 2 aromatic rings. The smallest absolute Gasteiger partial charge is 0.350 e. The van der Waals surface area contributed by atoms with Crippen LogP contribution in [0.2, 0.25) is 5.02 Å². The zero-order chi connectivity index (χ0) is 17.7. The molecule has 0 spiro atoms. The molecule has 0 saturated carbocycles. The number of rotatable bonds is 6. The van der Waals surface area contributed by atoms with Gasteiger partial charge in [0, 0.05) is 0 Å². The van der Waals surface area contributed by atoms with Gasteiger partial charge >= 0.3 is 5.97 Å². The topological polar surface area (TPSA) is 93.0 Å². The molecule has 0 bridgehead atoms. The number of aryl methyl sites for hydroxylation is 1. The molecule has 128 valence electrons. The summed E-state index contributed by atoms with van der Waals surface area (Å²) < 4.78 is 9.98. The number of phenols is 1. The lowest BCUT2D eigenvalue weighted by atomic mass is 10.2. The van der Waals surface area contributed by atoms with Crippen molar-refractivity contribution in [3.8, 4) is 11.5 Å². The Morgan fingerprint density at radius 2 is 2.29 bits per heavy atom. The number of phenolic OH excluding ortho intramolecular Hbond substituents is 1. The normalized spacial score (nSPS) is 10.8. The molecule has 1 aromatic carbocycles. The third-order valence-electron chi connectivity index (χ3n) is 2.90. The van der Waals surface area contributed by atoms with Crippen LogP contribution in [0.5, 0.6) is 11.5 Å². The molecule has 0 aliphatic carbocycles. The second kappa shape index (κ2) is 7.98. The molecule has 0 fully saturated rings. The fourth-order valence-corrected chi connectivity index (χ4v) is 2.85. The third-order valence-corrected chi connectivity index (χ3v) is 4.23. The number of carbonyl (C=O) groups excluding carboxylic acids is 1. The number of halogens is 1. The number of carbonyl (C=O) groups is 1. The largest absolute Gasteiger partial charge is 0.503 e. The van der Waals surface area contributed by atoms with E-state index < -0.39 is 5.97 Å². The highest BCUT2D eigenvalue weighted by Gasteiger charge is 2.16. The first-order valence-corrected chi connectivity index (χ1v) is 8.15. The van der Waals surface area contributed by atoms with Crippen LogP contribution in [-0.2, 0) is 4.74 Å². The van der Waals surface area contributed by atoms with E-state index in [0.29, 0.717) is 27.9 Å². The molecular formula is C15H16ClN3O4S. The maximum absolute atomic E-state index is 11.7. The van der Waals surface area contributed by atoms with Gasteiger partial charge in [0.1, 0.15) is 4.88 Å². The summed E-state index contributed by atoms with van der Waals surface area (Å²) in [5.41, 5.74) is 3.95. The van der Waals surface area contributed by atoms with Crippen molar-refractivity contribution < 1.29 is 19.4 Å². The molecule has 0 saturated heterocycles. The van der Waals surface area contributed by atoms with Crippen molar-refractivity contribution in [1.29, 1.82) is 0 Å². The Balaban J connectivity index is 2.11. The number of hydrogen-bond acceptors (Lipinski definition) is 8. The molecule has 24 heavy (non-hydrogen) atoms. The first kappa shape index (κ1) is 18.0. The lowest BCUT2D eigenvalue weighted by Crippen LogP contribution is -2.03. The van der Waals surface area contributed by atoms with Crippen LogP contribution in [0.3, 0.4) is 0 Å². The minimum atomic E-state index is -0.403. The van der Waals surface area contributed by atoms with Gasteiger partial charge in [-0.05, 0) is 31.5 Å². The fraction of sp³-hybridized carbons (Fsp3) is 0.267. The molecule has 0 amide bonds. The molecule has 0 aliphatic heterocycles. The molecule has 0 atom stereocenters. The van der Waals surface area contributed by atoms with Gasteiger partial charge in [-0.15, -0.1) is 0 Å². The van der Waals surface area contributed by atoms with Crippen LogP contribution >= 0.6 is 22.9 Å². The molecule has 0 radical (unpaired) electrons. The summed E-state index contributed by atoms with van der Waals surface area (Å²) in [5.74, 6) is -0.280. The minimum Gasteiger partial charge on any atom is -0.503 e. The van der Waals surface area contributed by atoms with Gasteiger partial charge in [-0.3, -0.25) is 5.43 Å². The highest BCUT2D eigenvalue weighted by molar-refractivity contribution is 7.17. The van der Waals surface area contributed by atoms with E-state index in [1.54, 1.807) is 26.0 Å². The van der Waals surface area contributed by atoms with E-state index in [-0.39, 0.29) is 16.5 Å². The monoisotopic (exact) mass is 369 g/mol. The van der Waals surface area contributed by atoms with Crippen molar-refractivity contribution in [1.82, 2.24) is 4.98 Å². The number of hydrazone groups is 1. The van der Waals surface area contributed by atoms with E-state index in [1.165, 1.54) is 13.3 Å². The van der Waals surface area contributed by atoms with Crippen molar-refractivity contribution >= 4 is 40.3 Å². The second-order valence-electron chi connectivity index (χ2n) is 4.58. The molecule has 7 nitrogen and oxygen atoms in total. The summed E-state index contributed by atoms with van der Waals surface area (Å²) in [6.45, 7) is 3.78.